The van der Waals surface area contributed by atoms with Gasteiger partial charge in [-0.15, -0.1) is 0 Å². The lowest BCUT2D eigenvalue weighted by Gasteiger charge is -2.29. The number of anilines is 1. The molecule has 1 aromatic heterocycles. The Labute approximate surface area is 252 Å². The number of hydrogen-bond acceptors (Lipinski definition) is 7. The van der Waals surface area contributed by atoms with Crippen LogP contribution in [-0.2, 0) is 19.4 Å². The van der Waals surface area contributed by atoms with Crippen LogP contribution in [0, 0.1) is 5.41 Å². The average molecular weight is 583 g/mol. The Morgan fingerprint density at radius 1 is 0.930 bits per heavy atom. The highest BCUT2D eigenvalue weighted by atomic mass is 16.5. The van der Waals surface area contributed by atoms with Gasteiger partial charge in [0.25, 0.3) is 5.91 Å². The molecular formula is C34H38N4O5. The summed E-state index contributed by atoms with van der Waals surface area (Å²) < 4.78 is 17.9. The third-order valence-electron chi connectivity index (χ3n) is 7.87. The molecular weight excluding hydrogens is 544 g/mol. The van der Waals surface area contributed by atoms with Crippen LogP contribution in [0.4, 0.5) is 5.69 Å². The summed E-state index contributed by atoms with van der Waals surface area (Å²) in [6.45, 7) is 4.61. The number of hydrogen-bond donors (Lipinski definition) is 1. The summed E-state index contributed by atoms with van der Waals surface area (Å²) in [4.78, 5) is 28.4. The Morgan fingerprint density at radius 3 is 2.28 bits per heavy atom. The van der Waals surface area contributed by atoms with Crippen molar-refractivity contribution < 1.29 is 23.8 Å². The SMILES string of the molecule is COc1ccc(CN(C)C(=O)c2ccc(-n3nc(Cc4ccc(OC)c(OC)c4)c4c3CC(C)(C)CC4=O)c(N)c2)cc1. The van der Waals surface area contributed by atoms with E-state index in [1.165, 1.54) is 0 Å². The maximum Gasteiger partial charge on any atom is 0.253 e. The van der Waals surface area contributed by atoms with Gasteiger partial charge in [-0.05, 0) is 65.4 Å². The molecule has 3 aromatic carbocycles. The van der Waals surface area contributed by atoms with E-state index in [4.69, 9.17) is 25.0 Å². The van der Waals surface area contributed by atoms with Crippen LogP contribution in [0.2, 0.25) is 0 Å². The number of benzene rings is 3. The maximum atomic E-state index is 13.5. The van der Waals surface area contributed by atoms with E-state index in [0.717, 1.165) is 22.6 Å². The lowest BCUT2D eigenvalue weighted by molar-refractivity contribution is 0.0784. The summed E-state index contributed by atoms with van der Waals surface area (Å²) in [7, 11) is 6.57. The summed E-state index contributed by atoms with van der Waals surface area (Å²) in [6.07, 6.45) is 1.54. The van der Waals surface area contributed by atoms with Crippen LogP contribution in [0.1, 0.15) is 63.5 Å². The first-order chi connectivity index (χ1) is 20.5. The van der Waals surface area contributed by atoms with Crippen LogP contribution < -0.4 is 19.9 Å². The van der Waals surface area contributed by atoms with Crippen LogP contribution in [0.3, 0.4) is 0 Å². The highest BCUT2D eigenvalue weighted by Crippen LogP contribution is 2.39. The number of carbonyl (C=O) groups excluding carboxylic acids is 2. The Bertz CT molecular complexity index is 1670. The first-order valence-electron chi connectivity index (χ1n) is 14.2. The third kappa shape index (κ3) is 6.07. The second kappa shape index (κ2) is 11.8. The van der Waals surface area contributed by atoms with E-state index >= 15 is 0 Å². The fourth-order valence-electron chi connectivity index (χ4n) is 5.71. The average Bonchev–Trinajstić information content (AvgIpc) is 3.33. The van der Waals surface area contributed by atoms with E-state index in [-0.39, 0.29) is 17.1 Å². The molecule has 5 rings (SSSR count). The summed E-state index contributed by atoms with van der Waals surface area (Å²) in [5.41, 5.74) is 12.0. The fraction of sp³-hybridized carbons (Fsp3) is 0.324. The molecule has 0 saturated carbocycles. The Morgan fingerprint density at radius 2 is 1.63 bits per heavy atom. The number of rotatable bonds is 9. The molecule has 43 heavy (non-hydrogen) atoms. The first kappa shape index (κ1) is 29.7. The van der Waals surface area contributed by atoms with Gasteiger partial charge in [-0.1, -0.05) is 32.0 Å². The first-order valence-corrected chi connectivity index (χ1v) is 14.2. The highest BCUT2D eigenvalue weighted by Gasteiger charge is 2.37. The van der Waals surface area contributed by atoms with Crippen LogP contribution >= 0.6 is 0 Å². The number of aromatic nitrogens is 2. The van der Waals surface area contributed by atoms with Gasteiger partial charge >= 0.3 is 0 Å². The minimum Gasteiger partial charge on any atom is -0.497 e. The van der Waals surface area contributed by atoms with Crippen molar-refractivity contribution in [2.24, 2.45) is 5.41 Å². The van der Waals surface area contributed by atoms with Gasteiger partial charge in [0, 0.05) is 32.0 Å². The fourth-order valence-corrected chi connectivity index (χ4v) is 5.71. The molecule has 9 nitrogen and oxygen atoms in total. The molecule has 0 aliphatic heterocycles. The monoisotopic (exact) mass is 582 g/mol. The van der Waals surface area contributed by atoms with E-state index in [2.05, 4.69) is 13.8 Å². The number of amides is 1. The van der Waals surface area contributed by atoms with Gasteiger partial charge in [0.15, 0.2) is 17.3 Å². The Kier molecular flexibility index (Phi) is 8.17. The van der Waals surface area contributed by atoms with Gasteiger partial charge in [-0.25, -0.2) is 4.68 Å². The van der Waals surface area contributed by atoms with Crippen LogP contribution in [0.5, 0.6) is 17.2 Å². The van der Waals surface area contributed by atoms with Gasteiger partial charge in [-0.3, -0.25) is 9.59 Å². The zero-order valence-electron chi connectivity index (χ0n) is 25.6. The Hall–Kier alpha value is -4.79. The summed E-state index contributed by atoms with van der Waals surface area (Å²) in [5, 5.41) is 4.95. The molecule has 4 aromatic rings. The smallest absolute Gasteiger partial charge is 0.253 e. The lowest BCUT2D eigenvalue weighted by Crippen LogP contribution is -2.28. The zero-order chi connectivity index (χ0) is 30.9. The third-order valence-corrected chi connectivity index (χ3v) is 7.87. The molecule has 0 radical (unpaired) electrons. The molecule has 0 fully saturated rings. The highest BCUT2D eigenvalue weighted by molar-refractivity contribution is 6.00. The zero-order valence-corrected chi connectivity index (χ0v) is 25.6. The van der Waals surface area contributed by atoms with Gasteiger partial charge in [0.1, 0.15) is 5.75 Å². The molecule has 224 valence electrons. The van der Waals surface area contributed by atoms with E-state index in [9.17, 15) is 9.59 Å². The molecule has 0 bridgehead atoms. The van der Waals surface area contributed by atoms with E-state index in [1.807, 2.05) is 48.5 Å². The second-order valence-corrected chi connectivity index (χ2v) is 11.8. The number of methoxy groups -OCH3 is 3. The summed E-state index contributed by atoms with van der Waals surface area (Å²) in [6, 6.07) is 18.6. The predicted octanol–water partition coefficient (Wildman–Crippen LogP) is 5.50. The Balaban J connectivity index is 1.47. The van der Waals surface area contributed by atoms with Crippen molar-refractivity contribution in [3.8, 4) is 22.9 Å². The molecule has 0 spiro atoms. The standard InChI is InChI=1S/C34H38N4O5/c1-34(2)18-28-32(29(39)19-34)26(15-22-9-14-30(42-5)31(16-22)43-6)36-38(28)27-13-10-23(17-25(27)35)33(40)37(3)20-21-7-11-24(41-4)12-8-21/h7-14,16-17H,15,18-20,35H2,1-6H3. The minimum absolute atomic E-state index is 0.0681. The molecule has 1 heterocycles. The van der Waals surface area contributed by atoms with Crippen molar-refractivity contribution in [1.82, 2.24) is 14.7 Å². The van der Waals surface area contributed by atoms with Crippen molar-refractivity contribution in [2.75, 3.05) is 34.1 Å². The minimum atomic E-state index is -0.225. The van der Waals surface area contributed by atoms with Gasteiger partial charge < -0.3 is 24.8 Å². The molecule has 2 N–H and O–H groups in total. The molecule has 0 saturated heterocycles. The van der Waals surface area contributed by atoms with Gasteiger partial charge in [0.05, 0.1) is 49.7 Å². The van der Waals surface area contributed by atoms with E-state index in [0.29, 0.717) is 65.5 Å². The van der Waals surface area contributed by atoms with Crippen LogP contribution in [0.15, 0.2) is 60.7 Å². The van der Waals surface area contributed by atoms with Gasteiger partial charge in [-0.2, -0.15) is 5.10 Å². The van der Waals surface area contributed by atoms with Crippen molar-refractivity contribution in [2.45, 2.75) is 39.7 Å². The van der Waals surface area contributed by atoms with Crippen molar-refractivity contribution >= 4 is 17.4 Å². The number of nitrogens with zero attached hydrogens (tertiary/aromatic N) is 3. The number of ether oxygens (including phenoxy) is 3. The predicted molar refractivity (Wildman–Crippen MR) is 166 cm³/mol. The normalized spacial score (nSPS) is 13.8. The number of fused-ring (bicyclic) bond motifs is 1. The van der Waals surface area contributed by atoms with E-state index in [1.54, 1.807) is 50.1 Å². The molecule has 1 aliphatic carbocycles. The number of ketones is 1. The van der Waals surface area contributed by atoms with E-state index < -0.39 is 0 Å². The number of nitrogen functional groups attached to an aromatic ring is 1. The quantitative estimate of drug-likeness (QED) is 0.260. The second-order valence-electron chi connectivity index (χ2n) is 11.8. The maximum absolute atomic E-state index is 13.5. The molecule has 0 atom stereocenters. The molecule has 0 unspecified atom stereocenters. The van der Waals surface area contributed by atoms with Crippen molar-refractivity contribution in [3.63, 3.8) is 0 Å². The largest absolute Gasteiger partial charge is 0.497 e. The van der Waals surface area contributed by atoms with Crippen molar-refractivity contribution in [1.29, 1.82) is 0 Å². The molecule has 1 aliphatic rings. The summed E-state index contributed by atoms with van der Waals surface area (Å²) in [5.74, 6) is 1.93. The van der Waals surface area contributed by atoms with Gasteiger partial charge in [0.2, 0.25) is 0 Å². The van der Waals surface area contributed by atoms with Crippen molar-refractivity contribution in [3.05, 3.63) is 94.3 Å². The topological polar surface area (TPSA) is 109 Å². The lowest BCUT2D eigenvalue weighted by atomic mass is 9.75. The summed E-state index contributed by atoms with van der Waals surface area (Å²) >= 11 is 0. The van der Waals surface area contributed by atoms with Crippen LogP contribution in [0.25, 0.3) is 5.69 Å². The van der Waals surface area contributed by atoms with Crippen LogP contribution in [-0.4, -0.2) is 54.7 Å². The number of carbonyl (C=O) groups is 2. The molecule has 9 heteroatoms. The number of nitrogens with two attached hydrogens (primary N) is 1. The molecule has 1 amide bonds. The number of Topliss-reactive ketones (excluding diaryl/α,β-unsaturated/α-hetero) is 1.